The molecule has 4 aromatic rings. The van der Waals surface area contributed by atoms with Crippen LogP contribution >= 0.6 is 36.2 Å². The van der Waals surface area contributed by atoms with Gasteiger partial charge in [0.15, 0.2) is 5.13 Å². The molecular weight excluding hydrogens is 469 g/mol. The smallest absolute Gasteiger partial charge is 0.239 e. The highest BCUT2D eigenvalue weighted by atomic mass is 32.1. The summed E-state index contributed by atoms with van der Waals surface area (Å²) in [5, 5.41) is 3.04. The van der Waals surface area contributed by atoms with Crippen molar-refractivity contribution < 1.29 is 4.79 Å². The van der Waals surface area contributed by atoms with Crippen molar-refractivity contribution in [3.8, 4) is 11.1 Å². The van der Waals surface area contributed by atoms with Crippen LogP contribution in [0.3, 0.4) is 0 Å². The molecule has 2 aromatic heterocycles. The number of nitrogens with two attached hydrogens (primary N) is 1. The van der Waals surface area contributed by atoms with Gasteiger partial charge in [-0.15, -0.1) is 11.3 Å². The second kappa shape index (κ2) is 10.3. The largest absolute Gasteiger partial charge is 0.345 e. The lowest BCUT2D eigenvalue weighted by molar-refractivity contribution is -0.132. The second-order valence-corrected chi connectivity index (χ2v) is 10.3. The van der Waals surface area contributed by atoms with Gasteiger partial charge in [-0.05, 0) is 41.6 Å². The number of benzene rings is 2. The molecule has 0 saturated carbocycles. The molecule has 0 unspecified atom stereocenters. The number of aromatic nitrogens is 1. The molecule has 0 bridgehead atoms. The van der Waals surface area contributed by atoms with Gasteiger partial charge in [-0.3, -0.25) is 4.79 Å². The first kappa shape index (κ1) is 23.8. The fourth-order valence-corrected chi connectivity index (χ4v) is 5.88. The molecular formula is C25H28N4OS3. The van der Waals surface area contributed by atoms with E-state index in [1.54, 1.807) is 22.7 Å². The number of nitrogens with zero attached hydrogens (tertiary/aromatic N) is 3. The van der Waals surface area contributed by atoms with E-state index >= 15 is 0 Å². The number of amides is 1. The second-order valence-electron chi connectivity index (χ2n) is 8.25. The zero-order valence-corrected chi connectivity index (χ0v) is 21.2. The molecule has 1 saturated heterocycles. The lowest BCUT2D eigenvalue weighted by atomic mass is 10.0. The summed E-state index contributed by atoms with van der Waals surface area (Å²) in [5.74, 6) is 0.0464. The summed E-state index contributed by atoms with van der Waals surface area (Å²) in [7, 11) is 0. The molecule has 33 heavy (non-hydrogen) atoms. The maximum absolute atomic E-state index is 12.8. The van der Waals surface area contributed by atoms with Crippen LogP contribution in [0.1, 0.15) is 10.4 Å². The van der Waals surface area contributed by atoms with Gasteiger partial charge in [-0.1, -0.05) is 53.3 Å². The topological polar surface area (TPSA) is 62.5 Å². The number of carbonyl (C=O) groups is 1. The van der Waals surface area contributed by atoms with Crippen LogP contribution in [0.5, 0.6) is 0 Å². The van der Waals surface area contributed by atoms with Gasteiger partial charge in [0.25, 0.3) is 0 Å². The van der Waals surface area contributed by atoms with E-state index in [2.05, 4.69) is 54.3 Å². The molecule has 0 aliphatic carbocycles. The van der Waals surface area contributed by atoms with Crippen molar-refractivity contribution in [2.24, 2.45) is 5.73 Å². The predicted molar refractivity (Wildman–Crippen MR) is 145 cm³/mol. The number of anilines is 1. The summed E-state index contributed by atoms with van der Waals surface area (Å²) in [5.41, 5.74) is 10.9. The van der Waals surface area contributed by atoms with Gasteiger partial charge in [-0.2, -0.15) is 13.5 Å². The number of thiophene rings is 1. The van der Waals surface area contributed by atoms with Crippen LogP contribution < -0.4 is 10.6 Å². The van der Waals surface area contributed by atoms with Crippen molar-refractivity contribution in [3.63, 3.8) is 0 Å². The first-order valence-electron chi connectivity index (χ1n) is 10.9. The maximum atomic E-state index is 12.8. The number of aryl methyl sites for hydroxylation is 1. The molecule has 5 rings (SSSR count). The minimum absolute atomic E-state index is 0. The molecule has 172 valence electrons. The number of carbonyl (C=O) groups excluding carboxylic acids is 1. The third kappa shape index (κ3) is 5.24. The van der Waals surface area contributed by atoms with Gasteiger partial charge >= 0.3 is 0 Å². The Hall–Kier alpha value is -2.39. The number of fused-ring (bicyclic) bond motifs is 1. The van der Waals surface area contributed by atoms with Crippen LogP contribution in [0, 0.1) is 6.92 Å². The third-order valence-corrected chi connectivity index (χ3v) is 7.92. The maximum Gasteiger partial charge on any atom is 0.239 e. The molecule has 1 atom stereocenters. The van der Waals surface area contributed by atoms with E-state index in [0.717, 1.165) is 28.6 Å². The standard InChI is InChI=1S/C25H26N4OS2.H2S/c1-17-4-6-18(7-5-17)19-8-9-22-23(15-19)32-25(27-22)29-12-10-28(11-13-29)24(30)21(26)16-20-3-2-14-31-20;/h2-9,14-15,21H,10-13,16,26H2,1H3;1H2/t21-;/m0./s1. The van der Waals surface area contributed by atoms with E-state index in [9.17, 15) is 4.79 Å². The molecule has 0 radical (unpaired) electrons. The van der Waals surface area contributed by atoms with Gasteiger partial charge < -0.3 is 15.5 Å². The van der Waals surface area contributed by atoms with Gasteiger partial charge in [0.2, 0.25) is 5.91 Å². The summed E-state index contributed by atoms with van der Waals surface area (Å²) in [6, 6.07) is 18.7. The van der Waals surface area contributed by atoms with Crippen molar-refractivity contribution in [2.45, 2.75) is 19.4 Å². The quantitative estimate of drug-likeness (QED) is 0.436. The minimum Gasteiger partial charge on any atom is -0.345 e. The number of rotatable bonds is 5. The Bertz CT molecular complexity index is 1210. The zero-order valence-electron chi connectivity index (χ0n) is 18.5. The zero-order chi connectivity index (χ0) is 22.1. The molecule has 3 heterocycles. The number of hydrogen-bond acceptors (Lipinski definition) is 6. The summed E-state index contributed by atoms with van der Waals surface area (Å²) >= 11 is 3.37. The highest BCUT2D eigenvalue weighted by Gasteiger charge is 2.26. The first-order chi connectivity index (χ1) is 15.6. The summed E-state index contributed by atoms with van der Waals surface area (Å²) in [6.07, 6.45) is 0.609. The van der Waals surface area contributed by atoms with Gasteiger partial charge in [0.1, 0.15) is 0 Å². The summed E-state index contributed by atoms with van der Waals surface area (Å²) in [6.45, 7) is 5.03. The predicted octanol–water partition coefficient (Wildman–Crippen LogP) is 4.66. The molecule has 1 amide bonds. The van der Waals surface area contributed by atoms with Gasteiger partial charge in [-0.25, -0.2) is 4.98 Å². The van der Waals surface area contributed by atoms with Crippen molar-refractivity contribution >= 4 is 57.4 Å². The van der Waals surface area contributed by atoms with E-state index in [-0.39, 0.29) is 19.4 Å². The normalized spacial score (nSPS) is 14.8. The monoisotopic (exact) mass is 496 g/mol. The molecule has 2 aromatic carbocycles. The molecule has 1 aliphatic heterocycles. The fourth-order valence-electron chi connectivity index (χ4n) is 4.06. The van der Waals surface area contributed by atoms with Crippen LogP contribution in [-0.2, 0) is 11.2 Å². The van der Waals surface area contributed by atoms with Gasteiger partial charge in [0.05, 0.1) is 16.3 Å². The van der Waals surface area contributed by atoms with Crippen molar-refractivity contribution in [1.82, 2.24) is 9.88 Å². The molecule has 5 nitrogen and oxygen atoms in total. The Morgan fingerprint density at radius 1 is 1.06 bits per heavy atom. The number of thiazole rings is 1. The van der Waals surface area contributed by atoms with E-state index in [1.807, 2.05) is 22.4 Å². The molecule has 8 heteroatoms. The third-order valence-electron chi connectivity index (χ3n) is 5.94. The molecule has 0 spiro atoms. The van der Waals surface area contributed by atoms with Crippen LogP contribution in [0.25, 0.3) is 21.3 Å². The van der Waals surface area contributed by atoms with Crippen molar-refractivity contribution in [3.05, 3.63) is 70.4 Å². The first-order valence-corrected chi connectivity index (χ1v) is 12.6. The van der Waals surface area contributed by atoms with Crippen molar-refractivity contribution in [2.75, 3.05) is 31.1 Å². The van der Waals surface area contributed by atoms with Crippen LogP contribution in [0.15, 0.2) is 60.0 Å². The molecule has 2 N–H and O–H groups in total. The Morgan fingerprint density at radius 3 is 2.48 bits per heavy atom. The minimum atomic E-state index is -0.470. The average molecular weight is 497 g/mol. The number of piperazine rings is 1. The Kier molecular flexibility index (Phi) is 7.38. The Labute approximate surface area is 209 Å². The number of hydrogen-bond donors (Lipinski definition) is 1. The highest BCUT2D eigenvalue weighted by Crippen LogP contribution is 2.33. The van der Waals surface area contributed by atoms with Crippen LogP contribution in [0.4, 0.5) is 5.13 Å². The van der Waals surface area contributed by atoms with Crippen LogP contribution in [0.2, 0.25) is 0 Å². The lowest BCUT2D eigenvalue weighted by Crippen LogP contribution is -2.53. The van der Waals surface area contributed by atoms with E-state index < -0.39 is 6.04 Å². The summed E-state index contributed by atoms with van der Waals surface area (Å²) in [4.78, 5) is 23.0. The van der Waals surface area contributed by atoms with E-state index in [1.165, 1.54) is 21.4 Å². The summed E-state index contributed by atoms with van der Waals surface area (Å²) < 4.78 is 1.19. The highest BCUT2D eigenvalue weighted by molar-refractivity contribution is 7.59. The average Bonchev–Trinajstić information content (AvgIpc) is 3.48. The molecule has 1 fully saturated rings. The molecule has 1 aliphatic rings. The lowest BCUT2D eigenvalue weighted by Gasteiger charge is -2.35. The van der Waals surface area contributed by atoms with E-state index in [0.29, 0.717) is 19.5 Å². The van der Waals surface area contributed by atoms with Gasteiger partial charge in [0, 0.05) is 37.5 Å². The fraction of sp³-hybridized carbons (Fsp3) is 0.280. The Balaban J connectivity index is 0.00000259. The van der Waals surface area contributed by atoms with Crippen molar-refractivity contribution in [1.29, 1.82) is 0 Å². The van der Waals surface area contributed by atoms with E-state index in [4.69, 9.17) is 10.7 Å². The SMILES string of the molecule is Cc1ccc(-c2ccc3nc(N4CCN(C(=O)[C@@H](N)Cc5cccs5)CC4)sc3c2)cc1.S. The van der Waals surface area contributed by atoms with Crippen LogP contribution in [-0.4, -0.2) is 48.0 Å². The Morgan fingerprint density at radius 2 is 1.79 bits per heavy atom.